The maximum Gasteiger partial charge on any atom is 0.420 e. The largest absolute Gasteiger partial charge is 0.420 e. The molecule has 0 unspecified atom stereocenters. The van der Waals surface area contributed by atoms with Crippen LogP contribution in [0.5, 0.6) is 0 Å². The molecule has 1 aromatic carbocycles. The summed E-state index contributed by atoms with van der Waals surface area (Å²) in [5, 5.41) is 2.73. The number of hydrogen-bond acceptors (Lipinski definition) is 7. The number of rotatable bonds is 6. The number of alkyl halides is 3. The lowest BCUT2D eigenvalue weighted by molar-refractivity contribution is -0.137. The molecule has 0 fully saturated rings. The Kier molecular flexibility index (Phi) is 7.07. The second kappa shape index (κ2) is 9.75. The zero-order valence-electron chi connectivity index (χ0n) is 19.5. The standard InChI is InChI=1S/C23H23F4N5OS2/c1-5-32(3)21(33)20-18(34-4)8-17(35-20)19-14(23(25,26)27)9-28-22(30-19)29-16-7-13-11-31(2)10-12(13)6-15(16)24/h6-9H,5,10-11H2,1-4H3,(H,28,29,30). The quantitative estimate of drug-likeness (QED) is 0.321. The van der Waals surface area contributed by atoms with Gasteiger partial charge < -0.3 is 10.2 Å². The molecule has 0 saturated heterocycles. The van der Waals surface area contributed by atoms with Crippen molar-refractivity contribution in [2.45, 2.75) is 31.1 Å². The van der Waals surface area contributed by atoms with Crippen LogP contribution in [-0.4, -0.2) is 52.6 Å². The first-order valence-corrected chi connectivity index (χ1v) is 12.7. The smallest absolute Gasteiger partial charge is 0.341 e. The van der Waals surface area contributed by atoms with Gasteiger partial charge in [-0.05, 0) is 49.6 Å². The molecule has 1 aliphatic heterocycles. The topological polar surface area (TPSA) is 61.4 Å². The molecule has 0 spiro atoms. The molecule has 1 N–H and O–H groups in total. The molecule has 6 nitrogen and oxygen atoms in total. The fraction of sp³-hybridized carbons (Fsp3) is 0.348. The number of carbonyl (C=O) groups is 1. The molecule has 3 aromatic rings. The summed E-state index contributed by atoms with van der Waals surface area (Å²) >= 11 is 2.21. The normalized spacial score (nSPS) is 13.7. The van der Waals surface area contributed by atoms with Crippen LogP contribution in [0.25, 0.3) is 10.6 Å². The maximum absolute atomic E-state index is 14.7. The van der Waals surface area contributed by atoms with Gasteiger partial charge in [0.25, 0.3) is 5.91 Å². The van der Waals surface area contributed by atoms with E-state index in [4.69, 9.17) is 0 Å². The van der Waals surface area contributed by atoms with Crippen LogP contribution < -0.4 is 5.32 Å². The van der Waals surface area contributed by atoms with Gasteiger partial charge >= 0.3 is 6.18 Å². The van der Waals surface area contributed by atoms with E-state index < -0.39 is 17.6 Å². The number of thioether (sulfide) groups is 1. The number of carbonyl (C=O) groups excluding carboxylic acids is 1. The number of benzene rings is 1. The summed E-state index contributed by atoms with van der Waals surface area (Å²) in [4.78, 5) is 25.3. The second-order valence-corrected chi connectivity index (χ2v) is 10.1. The summed E-state index contributed by atoms with van der Waals surface area (Å²) in [6.07, 6.45) is -2.28. The van der Waals surface area contributed by atoms with Crippen LogP contribution >= 0.6 is 23.1 Å². The minimum absolute atomic E-state index is 0.0844. The average molecular weight is 526 g/mol. The third-order valence-electron chi connectivity index (χ3n) is 5.68. The van der Waals surface area contributed by atoms with Crippen LogP contribution in [0.2, 0.25) is 0 Å². The van der Waals surface area contributed by atoms with E-state index in [1.54, 1.807) is 19.4 Å². The Balaban J connectivity index is 1.76. The van der Waals surface area contributed by atoms with Crippen molar-refractivity contribution >= 4 is 40.6 Å². The fourth-order valence-electron chi connectivity index (χ4n) is 3.75. The Morgan fingerprint density at radius 3 is 2.57 bits per heavy atom. The van der Waals surface area contributed by atoms with Gasteiger partial charge in [-0.3, -0.25) is 9.69 Å². The molecule has 0 saturated carbocycles. The summed E-state index contributed by atoms with van der Waals surface area (Å²) in [6.45, 7) is 3.53. The summed E-state index contributed by atoms with van der Waals surface area (Å²) in [7, 11) is 3.54. The van der Waals surface area contributed by atoms with E-state index in [0.29, 0.717) is 35.6 Å². The first-order valence-electron chi connectivity index (χ1n) is 10.7. The Hall–Kier alpha value is -2.70. The summed E-state index contributed by atoms with van der Waals surface area (Å²) in [5.41, 5.74) is 0.475. The summed E-state index contributed by atoms with van der Waals surface area (Å²) < 4.78 is 56.2. The minimum Gasteiger partial charge on any atom is -0.341 e. The van der Waals surface area contributed by atoms with Gasteiger partial charge in [0.05, 0.1) is 16.3 Å². The Labute approximate surface area is 208 Å². The van der Waals surface area contributed by atoms with Crippen LogP contribution in [0.1, 0.15) is 33.3 Å². The zero-order valence-corrected chi connectivity index (χ0v) is 21.1. The Bertz CT molecular complexity index is 1280. The van der Waals surface area contributed by atoms with Crippen LogP contribution in [0.4, 0.5) is 29.2 Å². The molecule has 2 aromatic heterocycles. The monoisotopic (exact) mass is 525 g/mol. The van der Waals surface area contributed by atoms with Crippen molar-refractivity contribution in [2.24, 2.45) is 0 Å². The van der Waals surface area contributed by atoms with Gasteiger partial charge in [0, 0.05) is 37.8 Å². The molecule has 3 heterocycles. The molecule has 1 amide bonds. The molecular weight excluding hydrogens is 502 g/mol. The third-order valence-corrected chi connectivity index (χ3v) is 7.70. The predicted octanol–water partition coefficient (Wildman–Crippen LogP) is 5.87. The number of amides is 1. The highest BCUT2D eigenvalue weighted by molar-refractivity contribution is 7.98. The lowest BCUT2D eigenvalue weighted by Crippen LogP contribution is -2.25. The molecule has 0 bridgehead atoms. The van der Waals surface area contributed by atoms with Crippen LogP contribution in [0, 0.1) is 5.82 Å². The molecule has 0 aliphatic carbocycles. The van der Waals surface area contributed by atoms with Gasteiger partial charge in [0.2, 0.25) is 5.95 Å². The molecule has 0 atom stereocenters. The van der Waals surface area contributed by atoms with Crippen molar-refractivity contribution < 1.29 is 22.4 Å². The van der Waals surface area contributed by atoms with Crippen molar-refractivity contribution in [1.82, 2.24) is 19.8 Å². The lowest BCUT2D eigenvalue weighted by Gasteiger charge is -2.14. The molecule has 12 heteroatoms. The van der Waals surface area contributed by atoms with Gasteiger partial charge in [-0.25, -0.2) is 14.4 Å². The molecule has 1 aliphatic rings. The zero-order chi connectivity index (χ0) is 25.5. The van der Waals surface area contributed by atoms with Gasteiger partial charge in [-0.15, -0.1) is 23.1 Å². The van der Waals surface area contributed by atoms with E-state index in [1.807, 2.05) is 18.9 Å². The summed E-state index contributed by atoms with van der Waals surface area (Å²) in [6, 6.07) is 4.57. The number of nitrogens with one attached hydrogen (secondary N) is 1. The van der Waals surface area contributed by atoms with Crippen molar-refractivity contribution in [3.05, 3.63) is 51.8 Å². The Morgan fingerprint density at radius 1 is 1.26 bits per heavy atom. The molecule has 4 rings (SSSR count). The first-order chi connectivity index (χ1) is 16.5. The minimum atomic E-state index is -4.72. The lowest BCUT2D eigenvalue weighted by atomic mass is 10.1. The van der Waals surface area contributed by atoms with Gasteiger partial charge in [0.15, 0.2) is 0 Å². The number of halogens is 4. The van der Waals surface area contributed by atoms with E-state index >= 15 is 0 Å². The molecule has 186 valence electrons. The number of aromatic nitrogens is 2. The van der Waals surface area contributed by atoms with Gasteiger partial charge in [-0.1, -0.05) is 0 Å². The number of fused-ring (bicyclic) bond motifs is 1. The van der Waals surface area contributed by atoms with Crippen molar-refractivity contribution in [3.63, 3.8) is 0 Å². The van der Waals surface area contributed by atoms with E-state index in [0.717, 1.165) is 22.5 Å². The second-order valence-electron chi connectivity index (χ2n) is 8.18. The highest BCUT2D eigenvalue weighted by Gasteiger charge is 2.36. The van der Waals surface area contributed by atoms with Crippen molar-refractivity contribution in [2.75, 3.05) is 32.2 Å². The highest BCUT2D eigenvalue weighted by Crippen LogP contribution is 2.42. The van der Waals surface area contributed by atoms with Crippen LogP contribution in [-0.2, 0) is 19.3 Å². The maximum atomic E-state index is 14.7. The summed E-state index contributed by atoms with van der Waals surface area (Å²) in [5.74, 6) is -0.990. The molecule has 0 radical (unpaired) electrons. The van der Waals surface area contributed by atoms with Crippen molar-refractivity contribution in [3.8, 4) is 10.6 Å². The van der Waals surface area contributed by atoms with Gasteiger partial charge in [0.1, 0.15) is 16.3 Å². The number of hydrogen-bond donors (Lipinski definition) is 1. The average Bonchev–Trinajstić information content (AvgIpc) is 3.39. The van der Waals surface area contributed by atoms with E-state index in [2.05, 4.69) is 15.3 Å². The first kappa shape index (κ1) is 25.4. The number of anilines is 2. The highest BCUT2D eigenvalue weighted by atomic mass is 32.2. The molecular formula is C23H23F4N5OS2. The third kappa shape index (κ3) is 5.14. The SMILES string of the molecule is CCN(C)C(=O)c1sc(-c2nc(Nc3cc4c(cc3F)CN(C)C4)ncc2C(F)(F)F)cc1SC. The number of thiophene rings is 1. The van der Waals surface area contributed by atoms with Gasteiger partial charge in [-0.2, -0.15) is 13.2 Å². The number of nitrogens with zero attached hydrogens (tertiary/aromatic N) is 4. The predicted molar refractivity (Wildman–Crippen MR) is 130 cm³/mol. The fourth-order valence-corrected chi connectivity index (χ4v) is 5.76. The van der Waals surface area contributed by atoms with E-state index in [9.17, 15) is 22.4 Å². The van der Waals surface area contributed by atoms with E-state index in [-0.39, 0.29) is 28.1 Å². The van der Waals surface area contributed by atoms with Crippen molar-refractivity contribution in [1.29, 1.82) is 0 Å². The van der Waals surface area contributed by atoms with Crippen LogP contribution in [0.3, 0.4) is 0 Å². The van der Waals surface area contributed by atoms with Crippen LogP contribution in [0.15, 0.2) is 29.3 Å². The molecule has 35 heavy (non-hydrogen) atoms. The Morgan fingerprint density at radius 2 is 1.94 bits per heavy atom. The van der Waals surface area contributed by atoms with E-state index in [1.165, 1.54) is 28.8 Å².